The largest absolute Gasteiger partial charge is 0.497 e. The van der Waals surface area contributed by atoms with Crippen LogP contribution in [0, 0.1) is 0 Å². The summed E-state index contributed by atoms with van der Waals surface area (Å²) >= 11 is 1.76. The maximum atomic E-state index is 10.6. The lowest BCUT2D eigenvalue weighted by molar-refractivity contribution is -0.193. The highest BCUT2D eigenvalue weighted by Gasteiger charge is 2.38. The maximum Gasteiger partial charge on any atom is 0.490 e. The fourth-order valence-corrected chi connectivity index (χ4v) is 4.54. The van der Waals surface area contributed by atoms with E-state index in [1.165, 1.54) is 5.56 Å². The molecule has 43 heavy (non-hydrogen) atoms. The lowest BCUT2D eigenvalue weighted by Crippen LogP contribution is -2.46. The molecule has 1 saturated heterocycles. The van der Waals surface area contributed by atoms with Crippen molar-refractivity contribution in [2.24, 2.45) is 0 Å². The number of carboxylic acid groups (broad SMARTS) is 2. The van der Waals surface area contributed by atoms with Crippen LogP contribution in [0.2, 0.25) is 0 Å². The Balaban J connectivity index is 0.000000303. The third kappa shape index (κ3) is 9.31. The Hall–Kier alpha value is -4.38. The first-order valence-corrected chi connectivity index (χ1v) is 13.2. The number of rotatable bonds is 5. The first kappa shape index (κ1) is 33.1. The summed E-state index contributed by atoms with van der Waals surface area (Å²) in [6.45, 7) is 5.00. The zero-order valence-corrected chi connectivity index (χ0v) is 23.2. The highest BCUT2D eigenvalue weighted by atomic mass is 32.1. The first-order valence-electron chi connectivity index (χ1n) is 12.3. The van der Waals surface area contributed by atoms with Crippen LogP contribution in [0.15, 0.2) is 59.7 Å². The van der Waals surface area contributed by atoms with E-state index in [-0.39, 0.29) is 0 Å². The molecule has 4 heterocycles. The summed E-state index contributed by atoms with van der Waals surface area (Å²) in [6, 6.07) is 10.3. The van der Waals surface area contributed by atoms with Crippen LogP contribution in [0.1, 0.15) is 5.56 Å². The lowest BCUT2D eigenvalue weighted by atomic mass is 10.1. The number of hydrogen-bond acceptors (Lipinski definition) is 8. The molecule has 0 spiro atoms. The van der Waals surface area contributed by atoms with Gasteiger partial charge in [0.15, 0.2) is 11.5 Å². The number of thiophene rings is 1. The topological polar surface area (TPSA) is 121 Å². The van der Waals surface area contributed by atoms with Crippen molar-refractivity contribution in [3.05, 3.63) is 65.2 Å². The molecule has 0 bridgehead atoms. The van der Waals surface area contributed by atoms with Gasteiger partial charge in [-0.1, -0.05) is 12.1 Å². The number of aliphatic carboxylic acids is 2. The Morgan fingerprint density at radius 2 is 1.60 bits per heavy atom. The van der Waals surface area contributed by atoms with Gasteiger partial charge in [-0.05, 0) is 34.5 Å². The van der Waals surface area contributed by atoms with Gasteiger partial charge in [-0.2, -0.15) is 37.7 Å². The summed E-state index contributed by atoms with van der Waals surface area (Å²) in [6.07, 6.45) is -4.40. The fourth-order valence-electron chi connectivity index (χ4n) is 3.88. The number of carbonyl (C=O) groups is 2. The molecule has 5 rings (SSSR count). The van der Waals surface area contributed by atoms with E-state index in [0.717, 1.165) is 61.2 Å². The quantitative estimate of drug-likeness (QED) is 0.291. The number of carboxylic acids is 2. The van der Waals surface area contributed by atoms with Gasteiger partial charge in [0.2, 0.25) is 0 Å². The van der Waals surface area contributed by atoms with Gasteiger partial charge in [-0.3, -0.25) is 9.30 Å². The second kappa shape index (κ2) is 14.2. The molecule has 1 aliphatic rings. The smallest absolute Gasteiger partial charge is 0.490 e. The molecular formula is C26H25F6N5O5S. The minimum Gasteiger partial charge on any atom is -0.497 e. The van der Waals surface area contributed by atoms with Crippen LogP contribution >= 0.6 is 11.3 Å². The predicted octanol–water partition coefficient (Wildman–Crippen LogP) is 5.06. The molecule has 0 saturated carbocycles. The number of alkyl halides is 6. The molecular weight excluding hydrogens is 608 g/mol. The van der Waals surface area contributed by atoms with Gasteiger partial charge in [0, 0.05) is 50.7 Å². The number of fused-ring (bicyclic) bond motifs is 1. The summed E-state index contributed by atoms with van der Waals surface area (Å²) < 4.78 is 71.0. The Labute approximate surface area is 244 Å². The van der Waals surface area contributed by atoms with Crippen molar-refractivity contribution in [1.82, 2.24) is 19.3 Å². The van der Waals surface area contributed by atoms with E-state index >= 15 is 0 Å². The van der Waals surface area contributed by atoms with Gasteiger partial charge >= 0.3 is 24.3 Å². The minimum absolute atomic E-state index is 0.841. The highest BCUT2D eigenvalue weighted by Crippen LogP contribution is 2.28. The van der Waals surface area contributed by atoms with Crippen LogP contribution in [0.4, 0.5) is 32.2 Å². The van der Waals surface area contributed by atoms with Gasteiger partial charge in [-0.15, -0.1) is 0 Å². The zero-order chi connectivity index (χ0) is 31.8. The van der Waals surface area contributed by atoms with Crippen LogP contribution in [0.5, 0.6) is 5.75 Å². The van der Waals surface area contributed by atoms with Gasteiger partial charge in [0.1, 0.15) is 5.75 Å². The Morgan fingerprint density at radius 1 is 0.977 bits per heavy atom. The monoisotopic (exact) mass is 633 g/mol. The second-order valence-electron chi connectivity index (χ2n) is 8.82. The van der Waals surface area contributed by atoms with Crippen molar-refractivity contribution >= 4 is 34.7 Å². The Kier molecular flexibility index (Phi) is 10.9. The number of methoxy groups -OCH3 is 1. The number of nitrogens with zero attached hydrogens (tertiary/aromatic N) is 5. The van der Waals surface area contributed by atoms with E-state index in [0.29, 0.717) is 0 Å². The number of piperazine rings is 1. The number of anilines is 1. The molecule has 10 nitrogen and oxygen atoms in total. The van der Waals surface area contributed by atoms with Crippen molar-refractivity contribution in [2.75, 3.05) is 38.2 Å². The molecule has 0 radical (unpaired) electrons. The normalized spacial score (nSPS) is 13.9. The zero-order valence-electron chi connectivity index (χ0n) is 22.3. The molecule has 4 aromatic rings. The average molecular weight is 634 g/mol. The van der Waals surface area contributed by atoms with Gasteiger partial charge in [-0.25, -0.2) is 19.6 Å². The molecule has 2 N–H and O–H groups in total. The summed E-state index contributed by atoms with van der Waals surface area (Å²) in [5.74, 6) is -3.72. The number of imidazole rings is 1. The number of ether oxygens (including phenoxy) is 1. The van der Waals surface area contributed by atoms with Crippen molar-refractivity contribution in [3.63, 3.8) is 0 Å². The molecule has 1 aromatic carbocycles. The van der Waals surface area contributed by atoms with Crippen LogP contribution in [-0.2, 0) is 16.1 Å². The summed E-state index contributed by atoms with van der Waals surface area (Å²) in [7, 11) is 1.69. The second-order valence-corrected chi connectivity index (χ2v) is 9.60. The van der Waals surface area contributed by atoms with Gasteiger partial charge < -0.3 is 19.8 Å². The van der Waals surface area contributed by atoms with Crippen LogP contribution in [0.3, 0.4) is 0 Å². The third-order valence-electron chi connectivity index (χ3n) is 5.92. The fraction of sp³-hybridized carbons (Fsp3) is 0.308. The van der Waals surface area contributed by atoms with Crippen molar-refractivity contribution in [3.8, 4) is 17.0 Å². The summed E-state index contributed by atoms with van der Waals surface area (Å²) in [5, 5.41) is 18.6. The van der Waals surface area contributed by atoms with Crippen molar-refractivity contribution in [1.29, 1.82) is 0 Å². The molecule has 1 fully saturated rings. The Morgan fingerprint density at radius 3 is 2.14 bits per heavy atom. The molecule has 232 valence electrons. The molecule has 1 aliphatic heterocycles. The number of halogens is 6. The maximum absolute atomic E-state index is 10.6. The van der Waals surface area contributed by atoms with E-state index in [2.05, 4.69) is 42.1 Å². The molecule has 0 atom stereocenters. The van der Waals surface area contributed by atoms with E-state index in [1.54, 1.807) is 18.4 Å². The van der Waals surface area contributed by atoms with Crippen molar-refractivity contribution < 1.29 is 50.9 Å². The van der Waals surface area contributed by atoms with Crippen LogP contribution in [0.25, 0.3) is 16.9 Å². The predicted molar refractivity (Wildman–Crippen MR) is 144 cm³/mol. The first-order chi connectivity index (χ1) is 20.2. The number of benzene rings is 1. The molecule has 0 aliphatic carbocycles. The molecule has 0 unspecified atom stereocenters. The highest BCUT2D eigenvalue weighted by molar-refractivity contribution is 7.07. The SMILES string of the molecule is COc1cccc(-c2cnc3c(N4CCN(Cc5ccsc5)CC4)nccn23)c1.O=C(O)C(F)(F)F.O=C(O)C(F)(F)F. The third-order valence-corrected chi connectivity index (χ3v) is 6.65. The molecule has 17 heteroatoms. The summed E-state index contributed by atoms with van der Waals surface area (Å²) in [5.41, 5.74) is 4.42. The lowest BCUT2D eigenvalue weighted by Gasteiger charge is -2.35. The van der Waals surface area contributed by atoms with Gasteiger partial charge in [0.05, 0.1) is 19.0 Å². The molecule has 0 amide bonds. The minimum atomic E-state index is -5.08. The summed E-state index contributed by atoms with van der Waals surface area (Å²) in [4.78, 5) is 32.0. The van der Waals surface area contributed by atoms with E-state index in [1.807, 2.05) is 36.8 Å². The Bertz CT molecular complexity index is 1480. The molecule has 3 aromatic heterocycles. The van der Waals surface area contributed by atoms with E-state index in [9.17, 15) is 26.3 Å². The van der Waals surface area contributed by atoms with Crippen LogP contribution < -0.4 is 9.64 Å². The van der Waals surface area contributed by atoms with E-state index < -0.39 is 24.3 Å². The number of aromatic nitrogens is 3. The van der Waals surface area contributed by atoms with Gasteiger partial charge in [0.25, 0.3) is 0 Å². The van der Waals surface area contributed by atoms with Crippen LogP contribution in [-0.4, -0.2) is 87.1 Å². The van der Waals surface area contributed by atoms with Crippen molar-refractivity contribution in [2.45, 2.75) is 18.9 Å². The number of hydrogen-bond donors (Lipinski definition) is 2. The standard InChI is InChI=1S/C22H23N5OS.2C2HF3O2/c1-28-19-4-2-3-18(13-19)20-14-24-22-21(23-6-7-27(20)22)26-10-8-25(9-11-26)15-17-5-12-29-16-17;2*3-2(4,5)1(6)7/h2-7,12-14,16H,8-11,15H2,1H3;2*(H,6,7). The van der Waals surface area contributed by atoms with E-state index in [4.69, 9.17) is 29.5 Å². The average Bonchev–Trinajstić information content (AvgIpc) is 3.63.